The first kappa shape index (κ1) is 13.2. The van der Waals surface area contributed by atoms with Crippen molar-refractivity contribution in [3.8, 4) is 17.6 Å². The van der Waals surface area contributed by atoms with E-state index in [9.17, 15) is 4.79 Å². The van der Waals surface area contributed by atoms with E-state index in [1.807, 2.05) is 26.0 Å². The molecule has 1 heterocycles. The van der Waals surface area contributed by atoms with Crippen LogP contribution in [0.4, 0.5) is 5.69 Å². The van der Waals surface area contributed by atoms with Gasteiger partial charge in [0, 0.05) is 11.8 Å². The van der Waals surface area contributed by atoms with Crippen LogP contribution in [0.15, 0.2) is 12.1 Å². The number of fused-ring (bicyclic) bond motifs is 1. The Hall–Kier alpha value is -2.22. The Morgan fingerprint density at radius 3 is 2.63 bits per heavy atom. The molecule has 1 amide bonds. The molecule has 0 fully saturated rings. The number of aryl methyl sites for hydroxylation is 1. The van der Waals surface area contributed by atoms with Crippen molar-refractivity contribution >= 4 is 11.6 Å². The first-order chi connectivity index (χ1) is 9.15. The fourth-order valence-corrected chi connectivity index (χ4v) is 1.88. The Morgan fingerprint density at radius 1 is 1.42 bits per heavy atom. The lowest BCUT2D eigenvalue weighted by molar-refractivity contribution is -0.118. The van der Waals surface area contributed by atoms with Crippen molar-refractivity contribution in [1.29, 1.82) is 5.26 Å². The third kappa shape index (κ3) is 2.79. The Morgan fingerprint density at radius 2 is 2.05 bits per heavy atom. The minimum atomic E-state index is -0.632. The highest BCUT2D eigenvalue weighted by atomic mass is 16.6. The summed E-state index contributed by atoms with van der Waals surface area (Å²) in [4.78, 5) is 11.9. The van der Waals surface area contributed by atoms with Gasteiger partial charge in [0.15, 0.2) is 11.5 Å². The summed E-state index contributed by atoms with van der Waals surface area (Å²) in [6.07, 6.45) is 0.492. The number of benzene rings is 1. The number of ether oxygens (including phenoxy) is 2. The largest absolute Gasteiger partial charge is 0.486 e. The van der Waals surface area contributed by atoms with Crippen molar-refractivity contribution in [2.45, 2.75) is 20.3 Å². The molecule has 1 atom stereocenters. The van der Waals surface area contributed by atoms with Crippen LogP contribution < -0.4 is 14.8 Å². The van der Waals surface area contributed by atoms with Gasteiger partial charge < -0.3 is 14.8 Å². The molecule has 0 aliphatic carbocycles. The third-order valence-corrected chi connectivity index (χ3v) is 3.03. The van der Waals surface area contributed by atoms with Gasteiger partial charge in [0.05, 0.1) is 6.07 Å². The van der Waals surface area contributed by atoms with Crippen LogP contribution >= 0.6 is 0 Å². The molecule has 5 nitrogen and oxygen atoms in total. The van der Waals surface area contributed by atoms with Gasteiger partial charge in [-0.2, -0.15) is 5.26 Å². The van der Waals surface area contributed by atoms with Crippen LogP contribution in [0.2, 0.25) is 0 Å². The lowest BCUT2D eigenvalue weighted by Crippen LogP contribution is -2.22. The fraction of sp³-hybridized carbons (Fsp3) is 0.429. The SMILES string of the molecule is CCC(C#N)C(=O)Nc1cc2c(cc1C)OCCO2. The normalized spacial score (nSPS) is 14.4. The summed E-state index contributed by atoms with van der Waals surface area (Å²) in [7, 11) is 0. The molecule has 1 N–H and O–H groups in total. The molecule has 100 valence electrons. The van der Waals surface area contributed by atoms with Gasteiger partial charge in [0.2, 0.25) is 5.91 Å². The van der Waals surface area contributed by atoms with E-state index in [-0.39, 0.29) is 5.91 Å². The molecule has 1 unspecified atom stereocenters. The Balaban J connectivity index is 2.21. The zero-order valence-electron chi connectivity index (χ0n) is 11.0. The highest BCUT2D eigenvalue weighted by molar-refractivity contribution is 5.95. The van der Waals surface area contributed by atoms with Crippen molar-refractivity contribution in [1.82, 2.24) is 0 Å². The van der Waals surface area contributed by atoms with Crippen molar-refractivity contribution in [3.05, 3.63) is 17.7 Å². The first-order valence-electron chi connectivity index (χ1n) is 6.26. The highest BCUT2D eigenvalue weighted by Crippen LogP contribution is 2.35. The van der Waals surface area contributed by atoms with Gasteiger partial charge >= 0.3 is 0 Å². The average Bonchev–Trinajstić information content (AvgIpc) is 2.41. The fourth-order valence-electron chi connectivity index (χ4n) is 1.88. The summed E-state index contributed by atoms with van der Waals surface area (Å²) in [5.74, 6) is 0.392. The maximum absolute atomic E-state index is 11.9. The van der Waals surface area contributed by atoms with E-state index in [1.54, 1.807) is 6.07 Å². The van der Waals surface area contributed by atoms with Crippen molar-refractivity contribution < 1.29 is 14.3 Å². The monoisotopic (exact) mass is 260 g/mol. The summed E-state index contributed by atoms with van der Waals surface area (Å²) >= 11 is 0. The lowest BCUT2D eigenvalue weighted by atomic mass is 10.1. The van der Waals surface area contributed by atoms with Crippen LogP contribution in [-0.4, -0.2) is 19.1 Å². The van der Waals surface area contributed by atoms with Crippen molar-refractivity contribution in [2.24, 2.45) is 5.92 Å². The zero-order valence-corrected chi connectivity index (χ0v) is 11.0. The molecule has 0 spiro atoms. The predicted molar refractivity (Wildman–Crippen MR) is 70.2 cm³/mol. The van der Waals surface area contributed by atoms with E-state index < -0.39 is 5.92 Å². The average molecular weight is 260 g/mol. The first-order valence-corrected chi connectivity index (χ1v) is 6.26. The smallest absolute Gasteiger partial charge is 0.241 e. The molecule has 5 heteroatoms. The number of amides is 1. The molecule has 0 bridgehead atoms. The van der Waals surface area contributed by atoms with E-state index in [2.05, 4.69) is 5.32 Å². The second kappa shape index (κ2) is 5.61. The van der Waals surface area contributed by atoms with E-state index in [1.165, 1.54) is 0 Å². The molecule has 19 heavy (non-hydrogen) atoms. The number of nitrogens with zero attached hydrogens (tertiary/aromatic N) is 1. The zero-order chi connectivity index (χ0) is 13.8. The predicted octanol–water partition coefficient (Wildman–Crippen LogP) is 2.25. The summed E-state index contributed by atoms with van der Waals surface area (Å²) in [5, 5.41) is 11.6. The van der Waals surface area contributed by atoms with Gasteiger partial charge in [-0.05, 0) is 25.0 Å². The second-order valence-electron chi connectivity index (χ2n) is 4.39. The molecule has 1 aromatic carbocycles. The van der Waals surface area contributed by atoms with E-state index in [0.717, 1.165) is 5.56 Å². The van der Waals surface area contributed by atoms with Gasteiger partial charge in [0.25, 0.3) is 0 Å². The van der Waals surface area contributed by atoms with Gasteiger partial charge in [0.1, 0.15) is 19.1 Å². The molecule has 2 rings (SSSR count). The van der Waals surface area contributed by atoms with Crippen molar-refractivity contribution in [3.63, 3.8) is 0 Å². The third-order valence-electron chi connectivity index (χ3n) is 3.03. The minimum Gasteiger partial charge on any atom is -0.486 e. The topological polar surface area (TPSA) is 71.4 Å². The van der Waals surface area contributed by atoms with E-state index >= 15 is 0 Å². The molecule has 1 aliphatic rings. The molecular formula is C14H16N2O3. The van der Waals surface area contributed by atoms with Crippen LogP contribution in [-0.2, 0) is 4.79 Å². The Bertz CT molecular complexity index is 534. The number of nitrogens with one attached hydrogen (secondary N) is 1. The number of anilines is 1. The Labute approximate surface area is 112 Å². The van der Waals surface area contributed by atoms with E-state index in [0.29, 0.717) is 36.8 Å². The van der Waals surface area contributed by atoms with Gasteiger partial charge in [-0.3, -0.25) is 4.79 Å². The highest BCUT2D eigenvalue weighted by Gasteiger charge is 2.19. The van der Waals surface area contributed by atoms with Crippen LogP contribution in [0.1, 0.15) is 18.9 Å². The summed E-state index contributed by atoms with van der Waals surface area (Å²) in [6.45, 7) is 4.72. The maximum atomic E-state index is 11.9. The number of carbonyl (C=O) groups excluding carboxylic acids is 1. The second-order valence-corrected chi connectivity index (χ2v) is 4.39. The van der Waals surface area contributed by atoms with Crippen LogP contribution in [0.5, 0.6) is 11.5 Å². The summed E-state index contributed by atoms with van der Waals surface area (Å²) in [5.41, 5.74) is 1.54. The molecule has 0 saturated carbocycles. The number of rotatable bonds is 3. The Kier molecular flexibility index (Phi) is 3.91. The number of hydrogen-bond donors (Lipinski definition) is 1. The van der Waals surface area contributed by atoms with Crippen LogP contribution in [0.3, 0.4) is 0 Å². The quantitative estimate of drug-likeness (QED) is 0.904. The van der Waals surface area contributed by atoms with E-state index in [4.69, 9.17) is 14.7 Å². The maximum Gasteiger partial charge on any atom is 0.241 e. The number of carbonyl (C=O) groups is 1. The molecular weight excluding hydrogens is 244 g/mol. The van der Waals surface area contributed by atoms with Crippen LogP contribution in [0.25, 0.3) is 0 Å². The molecule has 1 aliphatic heterocycles. The molecule has 1 aromatic rings. The summed E-state index contributed by atoms with van der Waals surface area (Å²) in [6, 6.07) is 5.56. The van der Waals surface area contributed by atoms with Crippen LogP contribution in [0, 0.1) is 24.2 Å². The summed E-state index contributed by atoms with van der Waals surface area (Å²) < 4.78 is 10.9. The molecule has 0 saturated heterocycles. The van der Waals surface area contributed by atoms with Gasteiger partial charge in [-0.25, -0.2) is 0 Å². The number of hydrogen-bond acceptors (Lipinski definition) is 4. The van der Waals surface area contributed by atoms with Gasteiger partial charge in [-0.15, -0.1) is 0 Å². The van der Waals surface area contributed by atoms with Crippen molar-refractivity contribution in [2.75, 3.05) is 18.5 Å². The minimum absolute atomic E-state index is 0.287. The number of nitriles is 1. The molecule has 0 aromatic heterocycles. The standard InChI is InChI=1S/C14H16N2O3/c1-3-10(8-15)14(17)16-11-7-13-12(6-9(11)2)18-4-5-19-13/h6-7,10H,3-5H2,1-2H3,(H,16,17). The lowest BCUT2D eigenvalue weighted by Gasteiger charge is -2.20. The van der Waals surface area contributed by atoms with Gasteiger partial charge in [-0.1, -0.05) is 6.92 Å². The molecule has 0 radical (unpaired) electrons.